The highest BCUT2D eigenvalue weighted by Gasteiger charge is 2.35. The minimum atomic E-state index is -3.80. The molecule has 0 amide bonds. The van der Waals surface area contributed by atoms with E-state index < -0.39 is 24.8 Å². The lowest BCUT2D eigenvalue weighted by Crippen LogP contribution is -2.51. The molecule has 3 fully saturated rings. The molecule has 178 valence electrons. The van der Waals surface area contributed by atoms with E-state index in [0.717, 1.165) is 0 Å². The number of nitro benzene ring substituents is 1. The fraction of sp³-hybridized carbons (Fsp3) is 0.684. The molecule has 11 nitrogen and oxygen atoms in total. The van der Waals surface area contributed by atoms with Gasteiger partial charge in [0.15, 0.2) is 9.84 Å². The van der Waals surface area contributed by atoms with E-state index in [1.54, 1.807) is 0 Å². The lowest BCUT2D eigenvalue weighted by molar-refractivity contribution is -0.384. The zero-order valence-corrected chi connectivity index (χ0v) is 19.7. The highest BCUT2D eigenvalue weighted by atomic mass is 32.2. The predicted octanol–water partition coefficient (Wildman–Crippen LogP) is -0.160. The van der Waals surface area contributed by atoms with Crippen LogP contribution in [0.4, 0.5) is 11.4 Å². The number of likely N-dealkylation sites (N-methyl/N-ethyl adjacent to an activating group) is 1. The molecule has 1 atom stereocenters. The number of piperazine rings is 2. The molecule has 3 saturated heterocycles. The molecular weight excluding hydrogens is 458 g/mol. The number of hydrogen-bond acceptors (Lipinski definition) is 9. The van der Waals surface area contributed by atoms with E-state index in [-0.39, 0.29) is 28.1 Å². The molecule has 0 bridgehead atoms. The van der Waals surface area contributed by atoms with E-state index >= 15 is 0 Å². The van der Waals surface area contributed by atoms with Crippen molar-refractivity contribution in [3.05, 3.63) is 28.3 Å². The van der Waals surface area contributed by atoms with E-state index in [1.165, 1.54) is 22.5 Å². The van der Waals surface area contributed by atoms with Crippen LogP contribution in [-0.2, 0) is 19.9 Å². The summed E-state index contributed by atoms with van der Waals surface area (Å²) in [5.41, 5.74) is 0.170. The van der Waals surface area contributed by atoms with Crippen molar-refractivity contribution in [3.63, 3.8) is 0 Å². The molecule has 3 aliphatic heterocycles. The molecule has 0 saturated carbocycles. The van der Waals surface area contributed by atoms with Gasteiger partial charge >= 0.3 is 0 Å². The van der Waals surface area contributed by atoms with Crippen molar-refractivity contribution in [1.29, 1.82) is 0 Å². The maximum Gasteiger partial charge on any atom is 0.293 e. The Kier molecular flexibility index (Phi) is 6.47. The number of hydrogen-bond donors (Lipinski definition) is 0. The molecule has 13 heteroatoms. The number of sulfone groups is 1. The molecule has 4 rings (SSSR count). The average molecular weight is 488 g/mol. The second kappa shape index (κ2) is 8.86. The summed E-state index contributed by atoms with van der Waals surface area (Å²) >= 11 is 0. The molecule has 32 heavy (non-hydrogen) atoms. The van der Waals surface area contributed by atoms with Crippen LogP contribution in [0.2, 0.25) is 0 Å². The summed E-state index contributed by atoms with van der Waals surface area (Å²) < 4.78 is 50.9. The first kappa shape index (κ1) is 23.4. The molecule has 1 aromatic carbocycles. The third kappa shape index (κ3) is 4.76. The first-order valence-electron chi connectivity index (χ1n) is 10.7. The standard InChI is InChI=1S/C19H29N5O6S2/c1-20-5-11-23(12-6-20)32(29,30)17-2-3-18(19(14-17)24(25)26)22-9-7-21(8-10-22)16-4-13-31(27,28)15-16/h2-3,14,16H,4-13,15H2,1H3. The number of nitro groups is 1. The zero-order chi connectivity index (χ0) is 23.1. The molecule has 3 heterocycles. The summed E-state index contributed by atoms with van der Waals surface area (Å²) in [5.74, 6) is 0.387. The van der Waals surface area contributed by atoms with Crippen molar-refractivity contribution < 1.29 is 21.8 Å². The first-order chi connectivity index (χ1) is 15.1. The third-order valence-corrected chi connectivity index (χ3v) is 10.3. The predicted molar refractivity (Wildman–Crippen MR) is 120 cm³/mol. The van der Waals surface area contributed by atoms with Crippen molar-refractivity contribution in [2.45, 2.75) is 17.4 Å². The zero-order valence-electron chi connectivity index (χ0n) is 18.1. The Hall–Kier alpha value is -1.80. The molecule has 0 aromatic heterocycles. The lowest BCUT2D eigenvalue weighted by Gasteiger charge is -2.38. The Labute approximate surface area is 188 Å². The fourth-order valence-corrected chi connectivity index (χ4v) is 7.85. The topological polar surface area (TPSA) is 124 Å². The lowest BCUT2D eigenvalue weighted by atomic mass is 10.1. The van der Waals surface area contributed by atoms with E-state index in [2.05, 4.69) is 4.90 Å². The smallest absolute Gasteiger partial charge is 0.293 e. The van der Waals surface area contributed by atoms with Gasteiger partial charge in [-0.1, -0.05) is 0 Å². The Morgan fingerprint density at radius 2 is 1.69 bits per heavy atom. The number of anilines is 1. The SMILES string of the molecule is CN1CCN(S(=O)(=O)c2ccc(N3CCN(C4CCS(=O)(=O)C4)CC3)c([N+](=O)[O-])c2)CC1. The summed E-state index contributed by atoms with van der Waals surface area (Å²) in [6, 6.07) is 4.15. The van der Waals surface area contributed by atoms with Gasteiger partial charge in [0, 0.05) is 64.5 Å². The van der Waals surface area contributed by atoms with E-state index in [1.807, 2.05) is 16.8 Å². The normalized spacial score (nSPS) is 25.8. The quantitative estimate of drug-likeness (QED) is 0.411. The van der Waals surface area contributed by atoms with Crippen LogP contribution in [0.25, 0.3) is 0 Å². The minimum absolute atomic E-state index is 0.00763. The first-order valence-corrected chi connectivity index (χ1v) is 14.0. The van der Waals surface area contributed by atoms with E-state index in [4.69, 9.17) is 0 Å². The van der Waals surface area contributed by atoms with E-state index in [0.29, 0.717) is 64.5 Å². The highest BCUT2D eigenvalue weighted by Crippen LogP contribution is 2.33. The summed E-state index contributed by atoms with van der Waals surface area (Å²) in [5, 5.41) is 11.8. The summed E-state index contributed by atoms with van der Waals surface area (Å²) in [6.07, 6.45) is 0.626. The monoisotopic (exact) mass is 487 g/mol. The van der Waals surface area contributed by atoms with Crippen LogP contribution >= 0.6 is 0 Å². The van der Waals surface area contributed by atoms with Crippen molar-refractivity contribution in [2.75, 3.05) is 75.8 Å². The second-order valence-electron chi connectivity index (χ2n) is 8.69. The number of nitrogens with zero attached hydrogens (tertiary/aromatic N) is 5. The van der Waals surface area contributed by atoms with Gasteiger partial charge in [0.05, 0.1) is 21.3 Å². The number of sulfonamides is 1. The number of rotatable bonds is 5. The van der Waals surface area contributed by atoms with Crippen LogP contribution in [0.3, 0.4) is 0 Å². The van der Waals surface area contributed by atoms with E-state index in [9.17, 15) is 26.9 Å². The van der Waals surface area contributed by atoms with Crippen LogP contribution < -0.4 is 4.90 Å². The van der Waals surface area contributed by atoms with Gasteiger partial charge in [-0.05, 0) is 25.6 Å². The molecule has 0 spiro atoms. The van der Waals surface area contributed by atoms with Crippen LogP contribution in [-0.4, -0.2) is 113 Å². The van der Waals surface area contributed by atoms with Crippen molar-refractivity contribution in [2.24, 2.45) is 0 Å². The van der Waals surface area contributed by atoms with Gasteiger partial charge in [-0.3, -0.25) is 15.0 Å². The van der Waals surface area contributed by atoms with Gasteiger partial charge in [0.2, 0.25) is 10.0 Å². The average Bonchev–Trinajstić information content (AvgIpc) is 3.13. The Balaban J connectivity index is 1.50. The van der Waals surface area contributed by atoms with Crippen LogP contribution in [0, 0.1) is 10.1 Å². The number of benzene rings is 1. The van der Waals surface area contributed by atoms with Gasteiger partial charge in [0.1, 0.15) is 5.69 Å². The summed E-state index contributed by atoms with van der Waals surface area (Å²) in [7, 11) is -4.84. The molecule has 1 aromatic rings. The molecule has 1 unspecified atom stereocenters. The molecule has 0 aliphatic carbocycles. The van der Waals surface area contributed by atoms with Crippen LogP contribution in [0.15, 0.2) is 23.1 Å². The van der Waals surface area contributed by atoms with Crippen molar-refractivity contribution >= 4 is 31.2 Å². The Morgan fingerprint density at radius 1 is 1.03 bits per heavy atom. The Morgan fingerprint density at radius 3 is 2.25 bits per heavy atom. The van der Waals surface area contributed by atoms with Crippen molar-refractivity contribution in [3.8, 4) is 0 Å². The maximum absolute atomic E-state index is 13.0. The summed E-state index contributed by atoms with van der Waals surface area (Å²) in [4.78, 5) is 17.3. The van der Waals surface area contributed by atoms with Gasteiger partial charge in [-0.25, -0.2) is 16.8 Å². The second-order valence-corrected chi connectivity index (χ2v) is 12.9. The van der Waals surface area contributed by atoms with Crippen LogP contribution in [0.5, 0.6) is 0 Å². The molecule has 0 radical (unpaired) electrons. The van der Waals surface area contributed by atoms with Gasteiger partial charge in [-0.15, -0.1) is 0 Å². The Bertz CT molecular complexity index is 1080. The molecule has 0 N–H and O–H groups in total. The van der Waals surface area contributed by atoms with Crippen LogP contribution in [0.1, 0.15) is 6.42 Å². The fourth-order valence-electron chi connectivity index (χ4n) is 4.65. The third-order valence-electron chi connectivity index (χ3n) is 6.62. The molecular formula is C19H29N5O6S2. The van der Waals surface area contributed by atoms with Crippen molar-refractivity contribution in [1.82, 2.24) is 14.1 Å². The summed E-state index contributed by atoms with van der Waals surface area (Å²) in [6.45, 7) is 4.19. The minimum Gasteiger partial charge on any atom is -0.363 e. The van der Waals surface area contributed by atoms with Gasteiger partial charge < -0.3 is 9.80 Å². The molecule has 3 aliphatic rings. The largest absolute Gasteiger partial charge is 0.363 e. The van der Waals surface area contributed by atoms with Gasteiger partial charge in [-0.2, -0.15) is 4.31 Å². The highest BCUT2D eigenvalue weighted by molar-refractivity contribution is 7.91. The maximum atomic E-state index is 13.0. The van der Waals surface area contributed by atoms with Gasteiger partial charge in [0.25, 0.3) is 5.69 Å².